The SMILES string of the molecule is CC(C)c1ccnc2ccc(S(N)(=O)=O)cc12. The van der Waals surface area contributed by atoms with E-state index in [1.807, 2.05) is 6.07 Å². The van der Waals surface area contributed by atoms with Gasteiger partial charge in [0.1, 0.15) is 0 Å². The molecule has 2 rings (SSSR count). The van der Waals surface area contributed by atoms with Crippen LogP contribution in [0.3, 0.4) is 0 Å². The minimum Gasteiger partial charge on any atom is -0.256 e. The van der Waals surface area contributed by atoms with Crippen molar-refractivity contribution in [3.8, 4) is 0 Å². The number of fused-ring (bicyclic) bond motifs is 1. The van der Waals surface area contributed by atoms with Crippen molar-refractivity contribution in [2.24, 2.45) is 5.14 Å². The fourth-order valence-corrected chi connectivity index (χ4v) is 2.37. The smallest absolute Gasteiger partial charge is 0.238 e. The van der Waals surface area contributed by atoms with Crippen molar-refractivity contribution in [2.45, 2.75) is 24.7 Å². The quantitative estimate of drug-likeness (QED) is 0.886. The van der Waals surface area contributed by atoms with Crippen molar-refractivity contribution in [1.82, 2.24) is 4.98 Å². The van der Waals surface area contributed by atoms with Gasteiger partial charge in [-0.1, -0.05) is 13.8 Å². The standard InChI is InChI=1S/C12H14N2O2S/c1-8(2)10-5-6-14-12-4-3-9(7-11(10)12)17(13,15)16/h3-8H,1-2H3,(H2,13,15,16). The molecule has 17 heavy (non-hydrogen) atoms. The maximum absolute atomic E-state index is 11.3. The fourth-order valence-electron chi connectivity index (χ4n) is 1.83. The monoisotopic (exact) mass is 250 g/mol. The maximum atomic E-state index is 11.3. The van der Waals surface area contributed by atoms with Crippen LogP contribution in [0.2, 0.25) is 0 Å². The summed E-state index contributed by atoms with van der Waals surface area (Å²) >= 11 is 0. The van der Waals surface area contributed by atoms with Gasteiger partial charge in [-0.2, -0.15) is 0 Å². The molecule has 1 heterocycles. The third-order valence-corrected chi connectivity index (χ3v) is 3.61. The van der Waals surface area contributed by atoms with Crippen LogP contribution in [-0.2, 0) is 10.0 Å². The predicted octanol–water partition coefficient (Wildman–Crippen LogP) is 2.01. The average Bonchev–Trinajstić information content (AvgIpc) is 2.26. The zero-order valence-electron chi connectivity index (χ0n) is 9.71. The van der Waals surface area contributed by atoms with Gasteiger partial charge in [-0.15, -0.1) is 0 Å². The Kier molecular flexibility index (Phi) is 2.89. The highest BCUT2D eigenvalue weighted by atomic mass is 32.2. The van der Waals surface area contributed by atoms with E-state index in [4.69, 9.17) is 5.14 Å². The molecule has 0 bridgehead atoms. The number of sulfonamides is 1. The largest absolute Gasteiger partial charge is 0.256 e. The van der Waals surface area contributed by atoms with Gasteiger partial charge in [-0.3, -0.25) is 4.98 Å². The van der Waals surface area contributed by atoms with Crippen LogP contribution < -0.4 is 5.14 Å². The van der Waals surface area contributed by atoms with Crippen molar-refractivity contribution >= 4 is 20.9 Å². The Bertz CT molecular complexity index is 663. The average molecular weight is 250 g/mol. The van der Waals surface area contributed by atoms with Gasteiger partial charge < -0.3 is 0 Å². The van der Waals surface area contributed by atoms with Gasteiger partial charge in [-0.25, -0.2) is 13.6 Å². The Morgan fingerprint density at radius 3 is 2.53 bits per heavy atom. The van der Waals surface area contributed by atoms with E-state index in [1.165, 1.54) is 6.07 Å². The summed E-state index contributed by atoms with van der Waals surface area (Å²) in [5.74, 6) is 0.302. The number of primary sulfonamides is 1. The lowest BCUT2D eigenvalue weighted by Gasteiger charge is -2.10. The van der Waals surface area contributed by atoms with Gasteiger partial charge in [0.15, 0.2) is 0 Å². The van der Waals surface area contributed by atoms with E-state index in [-0.39, 0.29) is 4.90 Å². The van der Waals surface area contributed by atoms with Crippen LogP contribution in [-0.4, -0.2) is 13.4 Å². The third-order valence-electron chi connectivity index (χ3n) is 2.70. The van der Waals surface area contributed by atoms with Crippen LogP contribution in [0.5, 0.6) is 0 Å². The Balaban J connectivity index is 2.79. The molecule has 0 spiro atoms. The first kappa shape index (κ1) is 12.0. The van der Waals surface area contributed by atoms with Crippen molar-refractivity contribution in [1.29, 1.82) is 0 Å². The zero-order chi connectivity index (χ0) is 12.6. The van der Waals surface area contributed by atoms with Crippen molar-refractivity contribution in [3.05, 3.63) is 36.0 Å². The molecule has 5 heteroatoms. The second kappa shape index (κ2) is 4.09. The Morgan fingerprint density at radius 1 is 1.24 bits per heavy atom. The summed E-state index contributed by atoms with van der Waals surface area (Å²) in [6.07, 6.45) is 1.73. The van der Waals surface area contributed by atoms with E-state index in [2.05, 4.69) is 18.8 Å². The topological polar surface area (TPSA) is 73.0 Å². The number of benzene rings is 1. The lowest BCUT2D eigenvalue weighted by Crippen LogP contribution is -2.12. The minimum absolute atomic E-state index is 0.125. The summed E-state index contributed by atoms with van der Waals surface area (Å²) in [4.78, 5) is 4.34. The fraction of sp³-hybridized carbons (Fsp3) is 0.250. The highest BCUT2D eigenvalue weighted by Gasteiger charge is 2.11. The molecule has 0 atom stereocenters. The first-order valence-electron chi connectivity index (χ1n) is 5.31. The van der Waals surface area contributed by atoms with Crippen LogP contribution in [0.25, 0.3) is 10.9 Å². The molecule has 1 aromatic carbocycles. The summed E-state index contributed by atoms with van der Waals surface area (Å²) in [6.45, 7) is 4.11. The van der Waals surface area contributed by atoms with E-state index in [0.717, 1.165) is 16.5 Å². The third kappa shape index (κ3) is 2.30. The van der Waals surface area contributed by atoms with Gasteiger partial charge >= 0.3 is 0 Å². The first-order chi connectivity index (χ1) is 7.89. The number of nitrogens with two attached hydrogens (primary N) is 1. The molecule has 0 radical (unpaired) electrons. The molecule has 0 unspecified atom stereocenters. The molecule has 0 aliphatic heterocycles. The molecular weight excluding hydrogens is 236 g/mol. The molecular formula is C12H14N2O2S. The zero-order valence-corrected chi connectivity index (χ0v) is 10.5. The van der Waals surface area contributed by atoms with E-state index in [9.17, 15) is 8.42 Å². The summed E-state index contributed by atoms with van der Waals surface area (Å²) < 4.78 is 22.6. The Hall–Kier alpha value is -1.46. The van der Waals surface area contributed by atoms with Gasteiger partial charge in [0.2, 0.25) is 10.0 Å². The number of hydrogen-bond acceptors (Lipinski definition) is 3. The predicted molar refractivity (Wildman–Crippen MR) is 67.2 cm³/mol. The summed E-state index contributed by atoms with van der Waals surface area (Å²) in [5.41, 5.74) is 1.85. The lowest BCUT2D eigenvalue weighted by atomic mass is 9.99. The van der Waals surface area contributed by atoms with Gasteiger partial charge in [0.05, 0.1) is 10.4 Å². The van der Waals surface area contributed by atoms with Crippen LogP contribution in [0.1, 0.15) is 25.3 Å². The second-order valence-electron chi connectivity index (χ2n) is 4.28. The molecule has 0 amide bonds. The maximum Gasteiger partial charge on any atom is 0.238 e. The van der Waals surface area contributed by atoms with Crippen molar-refractivity contribution < 1.29 is 8.42 Å². The Labute approximate surface area is 101 Å². The molecule has 0 saturated heterocycles. The van der Waals surface area contributed by atoms with Gasteiger partial charge in [0.25, 0.3) is 0 Å². The summed E-state index contributed by atoms with van der Waals surface area (Å²) in [6, 6.07) is 6.66. The molecule has 2 aromatic rings. The molecule has 90 valence electrons. The molecule has 2 N–H and O–H groups in total. The normalized spacial score (nSPS) is 12.2. The minimum atomic E-state index is -3.66. The number of rotatable bonds is 2. The molecule has 0 fully saturated rings. The summed E-state index contributed by atoms with van der Waals surface area (Å²) in [7, 11) is -3.66. The van der Waals surface area contributed by atoms with E-state index in [0.29, 0.717) is 5.92 Å². The highest BCUT2D eigenvalue weighted by Crippen LogP contribution is 2.25. The number of pyridine rings is 1. The molecule has 0 saturated carbocycles. The number of nitrogens with zero attached hydrogens (tertiary/aromatic N) is 1. The van der Waals surface area contributed by atoms with Crippen molar-refractivity contribution in [3.63, 3.8) is 0 Å². The molecule has 0 aliphatic carbocycles. The van der Waals surface area contributed by atoms with Crippen LogP contribution >= 0.6 is 0 Å². The van der Waals surface area contributed by atoms with Gasteiger partial charge in [0, 0.05) is 11.6 Å². The van der Waals surface area contributed by atoms with Gasteiger partial charge in [-0.05, 0) is 35.7 Å². The van der Waals surface area contributed by atoms with Crippen LogP contribution in [0, 0.1) is 0 Å². The first-order valence-corrected chi connectivity index (χ1v) is 6.85. The molecule has 1 aromatic heterocycles. The number of hydrogen-bond donors (Lipinski definition) is 1. The van der Waals surface area contributed by atoms with E-state index >= 15 is 0 Å². The number of aromatic nitrogens is 1. The highest BCUT2D eigenvalue weighted by molar-refractivity contribution is 7.89. The van der Waals surface area contributed by atoms with E-state index < -0.39 is 10.0 Å². The second-order valence-corrected chi connectivity index (χ2v) is 5.84. The molecule has 4 nitrogen and oxygen atoms in total. The van der Waals surface area contributed by atoms with Crippen LogP contribution in [0.4, 0.5) is 0 Å². The van der Waals surface area contributed by atoms with Crippen LogP contribution in [0.15, 0.2) is 35.4 Å². The van der Waals surface area contributed by atoms with E-state index in [1.54, 1.807) is 18.3 Å². The molecule has 0 aliphatic rings. The Morgan fingerprint density at radius 2 is 1.94 bits per heavy atom. The summed E-state index contributed by atoms with van der Waals surface area (Å²) in [5, 5.41) is 5.97. The van der Waals surface area contributed by atoms with Crippen molar-refractivity contribution in [2.75, 3.05) is 0 Å². The lowest BCUT2D eigenvalue weighted by molar-refractivity contribution is 0.598.